The van der Waals surface area contributed by atoms with E-state index in [1.54, 1.807) is 0 Å². The number of aliphatic hydroxyl groups excluding tert-OH is 9. The van der Waals surface area contributed by atoms with Gasteiger partial charge in [-0.1, -0.05) is 0 Å². The van der Waals surface area contributed by atoms with Crippen molar-refractivity contribution >= 4 is 23.8 Å². The van der Waals surface area contributed by atoms with Gasteiger partial charge >= 0.3 is 11.9 Å². The fraction of sp³-hybridized carbons (Fsp3) is 0.852. The lowest BCUT2D eigenvalue weighted by Crippen LogP contribution is -2.69. The maximum Gasteiger partial charge on any atom is 0.364 e. The van der Waals surface area contributed by atoms with Crippen molar-refractivity contribution in [2.24, 2.45) is 0 Å². The molecular weight excluding hydrogens is 672 g/mol. The van der Waals surface area contributed by atoms with Crippen LogP contribution in [0.4, 0.5) is 0 Å². The average Bonchev–Trinajstić information content (AvgIpc) is 3.02. The van der Waals surface area contributed by atoms with E-state index in [9.17, 15) is 70.2 Å². The first-order chi connectivity index (χ1) is 22.8. The van der Waals surface area contributed by atoms with Crippen LogP contribution in [0.5, 0.6) is 0 Å². The standard InChI is InChI=1S/C27H44N2O20/c1-8(31)28-15-11(34)4-27(26(42)43,49-23(15)17(36)12(35)6-44-10(3)33)45-7-14-18(37)20(39)21(40)25(47-14)48-22-13(5-30)46-24(41)16(19(22)38)29-9(2)32/h11-25,30,34-41H,4-7H2,1-3H3,(H,28,31)(H,29,32)(H,42,43)/t11-,12+,13+,14+,15+,16+,17+,18-,19+,20-,21+,22+,23+,24-,25-,27+/m0/s1. The van der Waals surface area contributed by atoms with E-state index in [1.807, 2.05) is 0 Å². The van der Waals surface area contributed by atoms with Crippen LogP contribution >= 0.6 is 0 Å². The Bertz CT molecular complexity index is 1160. The molecule has 0 bridgehead atoms. The molecule has 3 heterocycles. The van der Waals surface area contributed by atoms with E-state index >= 15 is 0 Å². The minimum absolute atomic E-state index is 0.683. The summed E-state index contributed by atoms with van der Waals surface area (Å²) in [5.74, 6) is -7.03. The lowest BCUT2D eigenvalue weighted by atomic mass is 9.88. The van der Waals surface area contributed by atoms with E-state index in [2.05, 4.69) is 15.4 Å². The summed E-state index contributed by atoms with van der Waals surface area (Å²) < 4.78 is 32.0. The van der Waals surface area contributed by atoms with Crippen molar-refractivity contribution in [1.29, 1.82) is 0 Å². The molecule has 0 unspecified atom stereocenters. The number of hydrogen-bond acceptors (Lipinski definition) is 19. The van der Waals surface area contributed by atoms with Crippen molar-refractivity contribution in [2.45, 2.75) is 125 Å². The number of esters is 1. The summed E-state index contributed by atoms with van der Waals surface area (Å²) in [6, 6.07) is -3.01. The summed E-state index contributed by atoms with van der Waals surface area (Å²) in [5.41, 5.74) is 0. The molecule has 3 aliphatic heterocycles. The monoisotopic (exact) mass is 716 g/mol. The Labute approximate surface area is 278 Å². The molecule has 3 fully saturated rings. The molecule has 0 aromatic rings. The maximum atomic E-state index is 12.5. The van der Waals surface area contributed by atoms with Crippen molar-refractivity contribution in [2.75, 3.05) is 19.8 Å². The van der Waals surface area contributed by atoms with E-state index in [-0.39, 0.29) is 0 Å². The zero-order valence-electron chi connectivity index (χ0n) is 26.5. The molecular formula is C27H44N2O20. The van der Waals surface area contributed by atoms with Gasteiger partial charge in [0.2, 0.25) is 11.8 Å². The number of carboxylic acids is 1. The van der Waals surface area contributed by atoms with Crippen LogP contribution in [0.25, 0.3) is 0 Å². The minimum atomic E-state index is -2.88. The third-order valence-electron chi connectivity index (χ3n) is 8.14. The van der Waals surface area contributed by atoms with Gasteiger partial charge in [0.15, 0.2) is 12.6 Å². The summed E-state index contributed by atoms with van der Waals surface area (Å²) in [6.07, 6.45) is -25.1. The van der Waals surface area contributed by atoms with E-state index in [0.717, 1.165) is 20.8 Å². The number of carbonyl (C=O) groups is 4. The summed E-state index contributed by atoms with van der Waals surface area (Å²) >= 11 is 0. The number of hydrogen-bond donors (Lipinski definition) is 12. The number of aliphatic carboxylic acids is 1. The molecule has 12 N–H and O–H groups in total. The molecule has 0 radical (unpaired) electrons. The summed E-state index contributed by atoms with van der Waals surface area (Å²) in [6.45, 7) is 0.510. The highest BCUT2D eigenvalue weighted by atomic mass is 16.8. The number of amides is 2. The molecule has 49 heavy (non-hydrogen) atoms. The molecule has 3 aliphatic rings. The van der Waals surface area contributed by atoms with Gasteiger partial charge in [-0.2, -0.15) is 0 Å². The van der Waals surface area contributed by atoms with Gasteiger partial charge < -0.3 is 90.1 Å². The largest absolute Gasteiger partial charge is 0.477 e. The van der Waals surface area contributed by atoms with Crippen LogP contribution in [-0.2, 0) is 47.6 Å². The predicted molar refractivity (Wildman–Crippen MR) is 151 cm³/mol. The molecule has 3 rings (SSSR count). The number of rotatable bonds is 13. The number of aliphatic hydroxyl groups is 9. The lowest BCUT2D eigenvalue weighted by Gasteiger charge is -2.48. The van der Waals surface area contributed by atoms with Gasteiger partial charge in [-0.05, 0) is 0 Å². The Balaban J connectivity index is 1.84. The molecule has 0 saturated carbocycles. The average molecular weight is 717 g/mol. The van der Waals surface area contributed by atoms with Gasteiger partial charge in [0, 0.05) is 27.2 Å². The highest BCUT2D eigenvalue weighted by molar-refractivity contribution is 5.76. The number of nitrogens with one attached hydrogen (secondary N) is 2. The highest BCUT2D eigenvalue weighted by Gasteiger charge is 2.57. The second kappa shape index (κ2) is 17.0. The quantitative estimate of drug-likeness (QED) is 0.0787. The van der Waals surface area contributed by atoms with Crippen molar-refractivity contribution in [3.05, 3.63) is 0 Å². The van der Waals surface area contributed by atoms with Crippen molar-refractivity contribution in [3.63, 3.8) is 0 Å². The zero-order valence-corrected chi connectivity index (χ0v) is 26.5. The molecule has 0 spiro atoms. The predicted octanol–water partition coefficient (Wildman–Crippen LogP) is -7.51. The van der Waals surface area contributed by atoms with Gasteiger partial charge in [0.05, 0.1) is 25.4 Å². The smallest absolute Gasteiger partial charge is 0.364 e. The van der Waals surface area contributed by atoms with Crippen LogP contribution < -0.4 is 10.6 Å². The fourth-order valence-corrected chi connectivity index (χ4v) is 5.65. The van der Waals surface area contributed by atoms with Crippen LogP contribution in [0.2, 0.25) is 0 Å². The summed E-state index contributed by atoms with van der Waals surface area (Å²) in [4.78, 5) is 47.2. The molecule has 3 saturated heterocycles. The number of carboxylic acid groups (broad SMARTS) is 1. The first kappa shape index (κ1) is 40.7. The van der Waals surface area contributed by atoms with Crippen LogP contribution in [0.15, 0.2) is 0 Å². The van der Waals surface area contributed by atoms with E-state index in [1.165, 1.54) is 0 Å². The first-order valence-electron chi connectivity index (χ1n) is 15.1. The molecule has 16 atom stereocenters. The third-order valence-corrected chi connectivity index (χ3v) is 8.14. The lowest BCUT2D eigenvalue weighted by molar-refractivity contribution is -0.358. The molecule has 0 aromatic heterocycles. The number of ether oxygens (including phenoxy) is 6. The van der Waals surface area contributed by atoms with E-state index < -0.39 is 148 Å². The third kappa shape index (κ3) is 9.56. The SMILES string of the molecule is CC(=O)N[C@@H]1[C@@H](O)[C@H](O[C@@H]2O[C@H](CO[C@]3(C(=O)O)C[C@H](O)[C@@H](NC(C)=O)[C@H]([C@H](O)[C@H](O)COC(C)=O)O3)[C@H](O)[C@H](O)[C@H]2O)[C@@H](CO)O[C@@H]1O. The number of carbonyl (C=O) groups excluding carboxylic acids is 3. The Kier molecular flexibility index (Phi) is 14.2. The summed E-state index contributed by atoms with van der Waals surface area (Å²) in [7, 11) is 0. The van der Waals surface area contributed by atoms with Gasteiger partial charge in [-0.25, -0.2) is 4.79 Å². The van der Waals surface area contributed by atoms with Crippen LogP contribution in [0.1, 0.15) is 27.2 Å². The topological polar surface area (TPSA) is 350 Å². The van der Waals surface area contributed by atoms with E-state index in [4.69, 9.17) is 23.7 Å². The molecule has 2 amide bonds. The maximum absolute atomic E-state index is 12.5. The first-order valence-corrected chi connectivity index (χ1v) is 15.1. The van der Waals surface area contributed by atoms with Crippen molar-refractivity contribution < 1.29 is 98.7 Å². The van der Waals surface area contributed by atoms with Gasteiger partial charge in [0.25, 0.3) is 5.79 Å². The normalized spacial score (nSPS) is 40.9. The second-order valence-electron chi connectivity index (χ2n) is 11.9. The summed E-state index contributed by atoms with van der Waals surface area (Å²) in [5, 5.41) is 109. The Morgan fingerprint density at radius 3 is 2.02 bits per heavy atom. The van der Waals surface area contributed by atoms with Crippen LogP contribution in [0, 0.1) is 0 Å². The molecule has 282 valence electrons. The zero-order chi connectivity index (χ0) is 37.0. The second-order valence-corrected chi connectivity index (χ2v) is 11.9. The van der Waals surface area contributed by atoms with Gasteiger partial charge in [-0.3, -0.25) is 14.4 Å². The minimum Gasteiger partial charge on any atom is -0.477 e. The van der Waals surface area contributed by atoms with Gasteiger partial charge in [0.1, 0.15) is 73.7 Å². The van der Waals surface area contributed by atoms with Gasteiger partial charge in [-0.15, -0.1) is 0 Å². The Morgan fingerprint density at radius 2 is 1.47 bits per heavy atom. The van der Waals surface area contributed by atoms with Crippen LogP contribution in [0.3, 0.4) is 0 Å². The van der Waals surface area contributed by atoms with Crippen molar-refractivity contribution in [3.8, 4) is 0 Å². The molecule has 0 aromatic carbocycles. The highest BCUT2D eigenvalue weighted by Crippen LogP contribution is 2.35. The van der Waals surface area contributed by atoms with Crippen LogP contribution in [-0.4, -0.2) is 192 Å². The molecule has 22 heteroatoms. The Morgan fingerprint density at radius 1 is 0.857 bits per heavy atom. The Hall–Kier alpha value is -2.68. The fourth-order valence-electron chi connectivity index (χ4n) is 5.65. The van der Waals surface area contributed by atoms with E-state index in [0.29, 0.717) is 0 Å². The molecule has 0 aliphatic carbocycles. The molecule has 22 nitrogen and oxygen atoms in total. The van der Waals surface area contributed by atoms with Crippen molar-refractivity contribution in [1.82, 2.24) is 10.6 Å².